The third-order valence-electron chi connectivity index (χ3n) is 3.67. The lowest BCUT2D eigenvalue weighted by Gasteiger charge is -2.08. The second-order valence-electron chi connectivity index (χ2n) is 5.80. The number of amides is 1. The summed E-state index contributed by atoms with van der Waals surface area (Å²) in [6.45, 7) is 5.74. The van der Waals surface area contributed by atoms with Crippen molar-refractivity contribution >= 4 is 27.5 Å². The molecular formula is C19H17BrN2O2. The van der Waals surface area contributed by atoms with E-state index in [1.807, 2.05) is 50.2 Å². The van der Waals surface area contributed by atoms with E-state index in [2.05, 4.69) is 32.5 Å². The first-order chi connectivity index (χ1) is 11.4. The van der Waals surface area contributed by atoms with Crippen molar-refractivity contribution in [3.05, 3.63) is 69.4 Å². The Balaban J connectivity index is 1.97. The number of aryl methyl sites for hydroxylation is 3. The molecule has 3 aromatic rings. The number of nitrogens with zero attached hydrogens (tertiary/aromatic N) is 1. The van der Waals surface area contributed by atoms with Gasteiger partial charge in [-0.15, -0.1) is 0 Å². The van der Waals surface area contributed by atoms with Crippen LogP contribution in [-0.2, 0) is 0 Å². The van der Waals surface area contributed by atoms with Crippen molar-refractivity contribution < 1.29 is 9.32 Å². The highest BCUT2D eigenvalue weighted by Crippen LogP contribution is 2.28. The van der Waals surface area contributed by atoms with E-state index in [0.717, 1.165) is 26.9 Å². The molecule has 2 aromatic carbocycles. The summed E-state index contributed by atoms with van der Waals surface area (Å²) in [7, 11) is 0. The number of carbonyl (C=O) groups is 1. The number of anilines is 1. The number of hydrogen-bond acceptors (Lipinski definition) is 3. The molecule has 1 heterocycles. The van der Waals surface area contributed by atoms with E-state index in [4.69, 9.17) is 4.52 Å². The fraction of sp³-hybridized carbons (Fsp3) is 0.158. The van der Waals surface area contributed by atoms with Gasteiger partial charge in [0.2, 0.25) is 0 Å². The van der Waals surface area contributed by atoms with Crippen LogP contribution in [0.2, 0.25) is 0 Å². The van der Waals surface area contributed by atoms with Gasteiger partial charge >= 0.3 is 0 Å². The van der Waals surface area contributed by atoms with Crippen molar-refractivity contribution in [3.8, 4) is 11.3 Å². The van der Waals surface area contributed by atoms with Gasteiger partial charge in [-0.3, -0.25) is 4.79 Å². The molecule has 0 atom stereocenters. The molecule has 0 aliphatic heterocycles. The molecule has 0 saturated carbocycles. The molecule has 1 N–H and O–H groups in total. The van der Waals surface area contributed by atoms with Crippen LogP contribution in [-0.4, -0.2) is 11.1 Å². The Hall–Kier alpha value is -2.40. The minimum Gasteiger partial charge on any atom is -0.360 e. The van der Waals surface area contributed by atoms with Crippen LogP contribution >= 0.6 is 15.9 Å². The van der Waals surface area contributed by atoms with Crippen LogP contribution in [0.1, 0.15) is 27.2 Å². The number of rotatable bonds is 3. The zero-order chi connectivity index (χ0) is 17.3. The molecule has 1 amide bonds. The average molecular weight is 385 g/mol. The van der Waals surface area contributed by atoms with Crippen molar-refractivity contribution in [1.82, 2.24) is 5.16 Å². The van der Waals surface area contributed by atoms with Gasteiger partial charge in [0.25, 0.3) is 5.91 Å². The van der Waals surface area contributed by atoms with Gasteiger partial charge in [0, 0.05) is 15.7 Å². The molecule has 122 valence electrons. The summed E-state index contributed by atoms with van der Waals surface area (Å²) < 4.78 is 6.19. The molecule has 0 fully saturated rings. The van der Waals surface area contributed by atoms with Gasteiger partial charge in [-0.1, -0.05) is 39.3 Å². The SMILES string of the molecule is Cc1cc(C)cc(NC(=O)c2c(-c3cccc(Br)c3)noc2C)c1. The lowest BCUT2D eigenvalue weighted by molar-refractivity contribution is 0.102. The second-order valence-corrected chi connectivity index (χ2v) is 6.72. The van der Waals surface area contributed by atoms with Crippen LogP contribution in [0, 0.1) is 20.8 Å². The highest BCUT2D eigenvalue weighted by atomic mass is 79.9. The van der Waals surface area contributed by atoms with Crippen LogP contribution in [0.25, 0.3) is 11.3 Å². The van der Waals surface area contributed by atoms with Gasteiger partial charge in [0.05, 0.1) is 0 Å². The minimum atomic E-state index is -0.228. The molecule has 5 heteroatoms. The van der Waals surface area contributed by atoms with E-state index in [-0.39, 0.29) is 5.91 Å². The van der Waals surface area contributed by atoms with Gasteiger partial charge < -0.3 is 9.84 Å². The first kappa shape index (κ1) is 16.5. The third kappa shape index (κ3) is 3.41. The minimum absolute atomic E-state index is 0.228. The number of aromatic nitrogens is 1. The normalized spacial score (nSPS) is 10.7. The van der Waals surface area contributed by atoms with Crippen molar-refractivity contribution in [2.24, 2.45) is 0 Å². The van der Waals surface area contributed by atoms with Crippen LogP contribution in [0.3, 0.4) is 0 Å². The molecule has 0 aliphatic carbocycles. The number of benzene rings is 2. The van der Waals surface area contributed by atoms with Crippen molar-refractivity contribution in [2.75, 3.05) is 5.32 Å². The largest absolute Gasteiger partial charge is 0.360 e. The molecule has 0 aliphatic rings. The smallest absolute Gasteiger partial charge is 0.261 e. The van der Waals surface area contributed by atoms with Gasteiger partial charge in [-0.2, -0.15) is 0 Å². The zero-order valence-corrected chi connectivity index (χ0v) is 15.3. The lowest BCUT2D eigenvalue weighted by atomic mass is 10.1. The molecule has 0 unspecified atom stereocenters. The maximum Gasteiger partial charge on any atom is 0.261 e. The van der Waals surface area contributed by atoms with E-state index in [0.29, 0.717) is 17.0 Å². The van der Waals surface area contributed by atoms with Crippen LogP contribution < -0.4 is 5.32 Å². The summed E-state index contributed by atoms with van der Waals surface area (Å²) in [5.41, 5.74) is 4.77. The van der Waals surface area contributed by atoms with Crippen molar-refractivity contribution in [1.29, 1.82) is 0 Å². The molecule has 0 spiro atoms. The highest BCUT2D eigenvalue weighted by Gasteiger charge is 2.22. The summed E-state index contributed by atoms with van der Waals surface area (Å²) in [6.07, 6.45) is 0. The quantitative estimate of drug-likeness (QED) is 0.667. The molecule has 4 nitrogen and oxygen atoms in total. The fourth-order valence-electron chi connectivity index (χ4n) is 2.71. The van der Waals surface area contributed by atoms with Gasteiger partial charge in [0.15, 0.2) is 0 Å². The summed E-state index contributed by atoms with van der Waals surface area (Å²) in [5, 5.41) is 7.01. The summed E-state index contributed by atoms with van der Waals surface area (Å²) in [6, 6.07) is 13.6. The van der Waals surface area contributed by atoms with E-state index < -0.39 is 0 Å². The Morgan fingerprint density at radius 1 is 1.08 bits per heavy atom. The number of carbonyl (C=O) groups excluding carboxylic acids is 1. The number of halogens is 1. The Morgan fingerprint density at radius 3 is 2.46 bits per heavy atom. The first-order valence-electron chi connectivity index (χ1n) is 7.56. The van der Waals surface area contributed by atoms with Crippen LogP contribution in [0.4, 0.5) is 5.69 Å². The van der Waals surface area contributed by atoms with Crippen LogP contribution in [0.5, 0.6) is 0 Å². The van der Waals surface area contributed by atoms with E-state index in [9.17, 15) is 4.79 Å². The third-order valence-corrected chi connectivity index (χ3v) is 4.16. The maximum atomic E-state index is 12.8. The molecule has 1 aromatic heterocycles. The van der Waals surface area contributed by atoms with Gasteiger partial charge in [0.1, 0.15) is 17.0 Å². The molecule has 3 rings (SSSR count). The van der Waals surface area contributed by atoms with E-state index in [1.54, 1.807) is 6.92 Å². The Morgan fingerprint density at radius 2 is 1.79 bits per heavy atom. The van der Waals surface area contributed by atoms with Crippen LogP contribution in [0.15, 0.2) is 51.5 Å². The molecule has 24 heavy (non-hydrogen) atoms. The Labute approximate surface area is 149 Å². The van der Waals surface area contributed by atoms with Gasteiger partial charge in [-0.05, 0) is 56.2 Å². The van der Waals surface area contributed by atoms with Crippen molar-refractivity contribution in [3.63, 3.8) is 0 Å². The summed E-state index contributed by atoms with van der Waals surface area (Å²) >= 11 is 3.44. The first-order valence-corrected chi connectivity index (χ1v) is 8.35. The predicted octanol–water partition coefficient (Wildman–Crippen LogP) is 5.28. The summed E-state index contributed by atoms with van der Waals surface area (Å²) in [4.78, 5) is 12.8. The van der Waals surface area contributed by atoms with Gasteiger partial charge in [-0.25, -0.2) is 0 Å². The zero-order valence-electron chi connectivity index (χ0n) is 13.7. The monoisotopic (exact) mass is 384 g/mol. The van der Waals surface area contributed by atoms with Crippen molar-refractivity contribution in [2.45, 2.75) is 20.8 Å². The predicted molar refractivity (Wildman–Crippen MR) is 98.2 cm³/mol. The lowest BCUT2D eigenvalue weighted by Crippen LogP contribution is -2.13. The molecule has 0 saturated heterocycles. The molecule has 0 radical (unpaired) electrons. The van der Waals surface area contributed by atoms with E-state index in [1.165, 1.54) is 0 Å². The topological polar surface area (TPSA) is 55.1 Å². The molecular weight excluding hydrogens is 368 g/mol. The highest BCUT2D eigenvalue weighted by molar-refractivity contribution is 9.10. The average Bonchev–Trinajstić information content (AvgIpc) is 2.88. The second kappa shape index (κ2) is 6.61. The molecule has 0 bridgehead atoms. The number of hydrogen-bond donors (Lipinski definition) is 1. The fourth-order valence-corrected chi connectivity index (χ4v) is 3.11. The Bertz CT molecular complexity index is 895. The number of nitrogens with one attached hydrogen (secondary N) is 1. The van der Waals surface area contributed by atoms with E-state index >= 15 is 0 Å². The maximum absolute atomic E-state index is 12.8. The Kier molecular flexibility index (Phi) is 4.53. The standard InChI is InChI=1S/C19H17BrN2O2/c1-11-7-12(2)9-16(8-11)21-19(23)17-13(3)24-22-18(17)14-5-4-6-15(20)10-14/h4-10H,1-3H3,(H,21,23). The summed E-state index contributed by atoms with van der Waals surface area (Å²) in [5.74, 6) is 0.264.